The van der Waals surface area contributed by atoms with Crippen molar-refractivity contribution >= 4 is 23.1 Å². The Labute approximate surface area is 96.9 Å². The van der Waals surface area contributed by atoms with E-state index in [-0.39, 0.29) is 0 Å². The summed E-state index contributed by atoms with van der Waals surface area (Å²) in [5.74, 6) is 6.32. The van der Waals surface area contributed by atoms with E-state index < -0.39 is 0 Å². The maximum Gasteiger partial charge on any atom is 0.239 e. The Morgan fingerprint density at radius 3 is 3.00 bits per heavy atom. The molecule has 2 aromatic heterocycles. The second-order valence-corrected chi connectivity index (χ2v) is 4.18. The normalized spacial score (nSPS) is 10.1. The zero-order valence-corrected chi connectivity index (χ0v) is 9.58. The topological polar surface area (TPSA) is 88.8 Å². The first kappa shape index (κ1) is 10.8. The number of hydrazine groups is 1. The van der Waals surface area contributed by atoms with Gasteiger partial charge in [-0.25, -0.2) is 15.8 Å². The van der Waals surface area contributed by atoms with E-state index in [1.54, 1.807) is 23.6 Å². The largest absolute Gasteiger partial charge is 0.364 e. The smallest absolute Gasteiger partial charge is 0.239 e. The van der Waals surface area contributed by atoms with Crippen LogP contribution in [0.15, 0.2) is 17.6 Å². The fraction of sp³-hybridized carbons (Fsp3) is 0.222. The lowest BCUT2D eigenvalue weighted by molar-refractivity contribution is 1.02. The van der Waals surface area contributed by atoms with Crippen LogP contribution in [0, 0.1) is 6.92 Å². The fourth-order valence-electron chi connectivity index (χ4n) is 1.20. The van der Waals surface area contributed by atoms with Gasteiger partial charge in [-0.1, -0.05) is 0 Å². The molecule has 16 heavy (non-hydrogen) atoms. The second-order valence-electron chi connectivity index (χ2n) is 3.12. The number of nitrogens with zero attached hydrogens (tertiary/aromatic N) is 3. The fourth-order valence-corrected chi connectivity index (χ4v) is 1.81. The van der Waals surface area contributed by atoms with E-state index in [0.717, 1.165) is 10.7 Å². The van der Waals surface area contributed by atoms with Gasteiger partial charge in [0, 0.05) is 11.6 Å². The summed E-state index contributed by atoms with van der Waals surface area (Å²) >= 11 is 1.63. The quantitative estimate of drug-likeness (QED) is 0.545. The Morgan fingerprint density at radius 2 is 2.31 bits per heavy atom. The highest BCUT2D eigenvalue weighted by Crippen LogP contribution is 2.10. The third-order valence-corrected chi connectivity index (χ3v) is 2.72. The van der Waals surface area contributed by atoms with Crippen LogP contribution in [0.4, 0.5) is 11.8 Å². The number of anilines is 2. The summed E-state index contributed by atoms with van der Waals surface area (Å²) in [6.45, 7) is 2.63. The van der Waals surface area contributed by atoms with E-state index in [4.69, 9.17) is 5.84 Å². The summed E-state index contributed by atoms with van der Waals surface area (Å²) in [5.41, 5.74) is 3.40. The van der Waals surface area contributed by atoms with Crippen LogP contribution >= 0.6 is 11.3 Å². The number of thiazole rings is 1. The molecule has 0 saturated heterocycles. The van der Waals surface area contributed by atoms with Crippen molar-refractivity contribution in [3.05, 3.63) is 28.3 Å². The zero-order chi connectivity index (χ0) is 11.4. The number of aromatic nitrogens is 3. The molecule has 4 N–H and O–H groups in total. The number of nitrogens with two attached hydrogens (primary N) is 1. The lowest BCUT2D eigenvalue weighted by Crippen LogP contribution is -2.11. The molecule has 0 bridgehead atoms. The van der Waals surface area contributed by atoms with Crippen molar-refractivity contribution in [2.45, 2.75) is 13.5 Å². The predicted molar refractivity (Wildman–Crippen MR) is 64.0 cm³/mol. The van der Waals surface area contributed by atoms with Gasteiger partial charge in [-0.05, 0) is 13.0 Å². The van der Waals surface area contributed by atoms with Crippen LogP contribution in [0.25, 0.3) is 0 Å². The van der Waals surface area contributed by atoms with Crippen molar-refractivity contribution in [3.8, 4) is 0 Å². The molecule has 0 amide bonds. The predicted octanol–water partition coefficient (Wildman–Crippen LogP) is 1.14. The highest BCUT2D eigenvalue weighted by Gasteiger charge is 2.00. The van der Waals surface area contributed by atoms with Gasteiger partial charge in [0.05, 0.1) is 17.2 Å². The number of aryl methyl sites for hydroxylation is 1. The monoisotopic (exact) mass is 236 g/mol. The van der Waals surface area contributed by atoms with E-state index in [1.807, 2.05) is 12.3 Å². The Kier molecular flexibility index (Phi) is 3.28. The summed E-state index contributed by atoms with van der Waals surface area (Å²) < 4.78 is 0. The lowest BCUT2D eigenvalue weighted by Gasteiger charge is -2.04. The zero-order valence-electron chi connectivity index (χ0n) is 8.77. The Hall–Kier alpha value is -1.73. The number of hydrogen-bond donors (Lipinski definition) is 3. The van der Waals surface area contributed by atoms with Gasteiger partial charge in [-0.2, -0.15) is 4.98 Å². The van der Waals surface area contributed by atoms with Crippen LogP contribution in [0.3, 0.4) is 0 Å². The summed E-state index contributed by atoms with van der Waals surface area (Å²) in [5, 5.41) is 6.23. The number of hydrogen-bond acceptors (Lipinski definition) is 7. The third kappa shape index (κ3) is 2.65. The molecule has 0 spiro atoms. The van der Waals surface area contributed by atoms with Crippen LogP contribution in [0.5, 0.6) is 0 Å². The molecule has 84 valence electrons. The number of rotatable bonds is 4. The standard InChI is InChI=1S/C9H12N6S/c1-6-13-7(5-16-6)4-12-8-2-3-11-9(14-8)15-10/h2-3,5H,4,10H2,1H3,(H2,11,12,14,15). The first-order chi connectivity index (χ1) is 7.78. The molecular formula is C9H12N6S. The van der Waals surface area contributed by atoms with Gasteiger partial charge in [-0.15, -0.1) is 11.3 Å². The van der Waals surface area contributed by atoms with Gasteiger partial charge in [0.2, 0.25) is 5.95 Å². The molecule has 6 nitrogen and oxygen atoms in total. The molecule has 0 fully saturated rings. The molecule has 2 rings (SSSR count). The van der Waals surface area contributed by atoms with Crippen LogP contribution < -0.4 is 16.6 Å². The van der Waals surface area contributed by atoms with Crippen molar-refractivity contribution in [1.29, 1.82) is 0 Å². The average Bonchev–Trinajstić information content (AvgIpc) is 2.73. The molecule has 0 unspecified atom stereocenters. The minimum atomic E-state index is 0.388. The van der Waals surface area contributed by atoms with Crippen molar-refractivity contribution in [2.24, 2.45) is 5.84 Å². The van der Waals surface area contributed by atoms with Crippen LogP contribution in [-0.4, -0.2) is 15.0 Å². The molecule has 0 radical (unpaired) electrons. The maximum atomic E-state index is 5.22. The van der Waals surface area contributed by atoms with Crippen LogP contribution in [-0.2, 0) is 6.54 Å². The van der Waals surface area contributed by atoms with E-state index >= 15 is 0 Å². The van der Waals surface area contributed by atoms with Gasteiger partial charge >= 0.3 is 0 Å². The minimum Gasteiger partial charge on any atom is -0.364 e. The molecule has 7 heteroatoms. The van der Waals surface area contributed by atoms with Gasteiger partial charge in [-0.3, -0.25) is 5.43 Å². The van der Waals surface area contributed by atoms with E-state index in [2.05, 4.69) is 25.7 Å². The second kappa shape index (κ2) is 4.86. The molecule has 0 aliphatic heterocycles. The highest BCUT2D eigenvalue weighted by molar-refractivity contribution is 7.09. The first-order valence-corrected chi connectivity index (χ1v) is 5.60. The average molecular weight is 236 g/mol. The maximum absolute atomic E-state index is 5.22. The SMILES string of the molecule is Cc1nc(CNc2ccnc(NN)n2)cs1. The number of nitrogens with one attached hydrogen (secondary N) is 2. The van der Waals surface area contributed by atoms with Gasteiger partial charge in [0.25, 0.3) is 0 Å². The highest BCUT2D eigenvalue weighted by atomic mass is 32.1. The van der Waals surface area contributed by atoms with E-state index in [1.165, 1.54) is 0 Å². The van der Waals surface area contributed by atoms with Crippen LogP contribution in [0.1, 0.15) is 10.7 Å². The van der Waals surface area contributed by atoms with Crippen molar-refractivity contribution in [2.75, 3.05) is 10.7 Å². The van der Waals surface area contributed by atoms with Crippen molar-refractivity contribution in [1.82, 2.24) is 15.0 Å². The number of nitrogen functional groups attached to an aromatic ring is 1. The minimum absolute atomic E-state index is 0.388. The first-order valence-electron chi connectivity index (χ1n) is 4.72. The molecular weight excluding hydrogens is 224 g/mol. The molecule has 2 aromatic rings. The molecule has 0 saturated carbocycles. The van der Waals surface area contributed by atoms with Crippen molar-refractivity contribution < 1.29 is 0 Å². The lowest BCUT2D eigenvalue weighted by atomic mass is 10.4. The summed E-state index contributed by atoms with van der Waals surface area (Å²) in [6.07, 6.45) is 1.64. The molecule has 0 aromatic carbocycles. The van der Waals surface area contributed by atoms with E-state index in [0.29, 0.717) is 18.3 Å². The summed E-state index contributed by atoms with van der Waals surface area (Å²) in [7, 11) is 0. The Balaban J connectivity index is 1.99. The third-order valence-electron chi connectivity index (χ3n) is 1.90. The van der Waals surface area contributed by atoms with Crippen LogP contribution in [0.2, 0.25) is 0 Å². The van der Waals surface area contributed by atoms with Gasteiger partial charge < -0.3 is 5.32 Å². The molecule has 0 aliphatic carbocycles. The summed E-state index contributed by atoms with van der Waals surface area (Å²) in [6, 6.07) is 1.78. The van der Waals surface area contributed by atoms with Gasteiger partial charge in [0.15, 0.2) is 0 Å². The Bertz CT molecular complexity index is 469. The molecule has 0 atom stereocenters. The van der Waals surface area contributed by atoms with Crippen molar-refractivity contribution in [3.63, 3.8) is 0 Å². The summed E-state index contributed by atoms with van der Waals surface area (Å²) in [4.78, 5) is 12.4. The van der Waals surface area contributed by atoms with Gasteiger partial charge in [0.1, 0.15) is 5.82 Å². The van der Waals surface area contributed by atoms with E-state index in [9.17, 15) is 0 Å². The molecule has 0 aliphatic rings. The molecule has 2 heterocycles. The Morgan fingerprint density at radius 1 is 1.44 bits per heavy atom.